The Morgan fingerprint density at radius 3 is 2.89 bits per heavy atom. The first-order valence-electron chi connectivity index (χ1n) is 6.03. The fraction of sp³-hybridized carbons (Fsp3) is 0.417. The molecule has 0 spiro atoms. The number of nitrogens with one attached hydrogen (secondary N) is 2. The second-order valence-electron chi connectivity index (χ2n) is 4.60. The van der Waals surface area contributed by atoms with Gasteiger partial charge >= 0.3 is 0 Å². The molecule has 0 amide bonds. The van der Waals surface area contributed by atoms with Crippen LogP contribution in [0.2, 0.25) is 0 Å². The monoisotopic (exact) mass is 247 g/mol. The number of hydrogen-bond acceptors (Lipinski definition) is 4. The third-order valence-corrected chi connectivity index (χ3v) is 3.42. The molecule has 2 aromatic rings. The van der Waals surface area contributed by atoms with E-state index >= 15 is 0 Å². The maximum Gasteiger partial charge on any atom is 0.188 e. The van der Waals surface area contributed by atoms with E-state index in [1.807, 2.05) is 12.1 Å². The molecule has 0 unspecified atom stereocenters. The predicted octanol–water partition coefficient (Wildman–Crippen LogP) is 1.37. The molecule has 1 aliphatic rings. The van der Waals surface area contributed by atoms with Gasteiger partial charge in [0, 0.05) is 6.04 Å². The van der Waals surface area contributed by atoms with Crippen LogP contribution < -0.4 is 5.32 Å². The molecule has 0 radical (unpaired) electrons. The van der Waals surface area contributed by atoms with Gasteiger partial charge in [0.05, 0.1) is 6.54 Å². The van der Waals surface area contributed by atoms with Crippen LogP contribution in [0.3, 0.4) is 0 Å². The van der Waals surface area contributed by atoms with Gasteiger partial charge in [-0.1, -0.05) is 23.4 Å². The van der Waals surface area contributed by atoms with Crippen LogP contribution in [0, 0.1) is 5.82 Å². The summed E-state index contributed by atoms with van der Waals surface area (Å²) in [4.78, 5) is 0. The Hall–Kier alpha value is -1.82. The van der Waals surface area contributed by atoms with Crippen molar-refractivity contribution in [2.45, 2.75) is 31.3 Å². The van der Waals surface area contributed by atoms with Gasteiger partial charge in [-0.05, 0) is 30.4 Å². The lowest BCUT2D eigenvalue weighted by Crippen LogP contribution is -2.40. The minimum atomic E-state index is -0.0980. The molecule has 1 saturated carbocycles. The zero-order chi connectivity index (χ0) is 12.4. The van der Waals surface area contributed by atoms with E-state index in [1.54, 1.807) is 6.07 Å². The fourth-order valence-electron chi connectivity index (χ4n) is 2.34. The normalized spacial score (nSPS) is 22.7. The van der Waals surface area contributed by atoms with Crippen LogP contribution in [0.1, 0.15) is 30.1 Å². The second-order valence-corrected chi connectivity index (χ2v) is 4.60. The number of H-pyrrole nitrogens is 1. The first kappa shape index (κ1) is 11.3. The van der Waals surface area contributed by atoms with Gasteiger partial charge in [0.2, 0.25) is 0 Å². The number of halogens is 1. The van der Waals surface area contributed by atoms with E-state index in [-0.39, 0.29) is 5.82 Å². The SMILES string of the molecule is Fc1ccccc1C1CC(NCc2nn[nH]n2)C1. The molecule has 6 heteroatoms. The molecule has 1 aromatic heterocycles. The number of tetrazole rings is 1. The number of benzene rings is 1. The van der Waals surface area contributed by atoms with E-state index in [0.717, 1.165) is 18.4 Å². The summed E-state index contributed by atoms with van der Waals surface area (Å²) in [5.74, 6) is 0.887. The summed E-state index contributed by atoms with van der Waals surface area (Å²) in [5, 5.41) is 17.0. The van der Waals surface area contributed by atoms with Gasteiger partial charge in [0.25, 0.3) is 0 Å². The number of aromatic amines is 1. The summed E-state index contributed by atoms with van der Waals surface area (Å²) < 4.78 is 13.5. The zero-order valence-electron chi connectivity index (χ0n) is 9.81. The molecule has 0 bridgehead atoms. The number of hydrogen-bond donors (Lipinski definition) is 2. The molecule has 5 nitrogen and oxygen atoms in total. The van der Waals surface area contributed by atoms with Crippen LogP contribution in [0.5, 0.6) is 0 Å². The van der Waals surface area contributed by atoms with Gasteiger partial charge in [0.15, 0.2) is 5.82 Å². The topological polar surface area (TPSA) is 66.5 Å². The van der Waals surface area contributed by atoms with Gasteiger partial charge < -0.3 is 5.32 Å². The third-order valence-electron chi connectivity index (χ3n) is 3.42. The zero-order valence-corrected chi connectivity index (χ0v) is 9.81. The highest BCUT2D eigenvalue weighted by atomic mass is 19.1. The average molecular weight is 247 g/mol. The fourth-order valence-corrected chi connectivity index (χ4v) is 2.34. The molecule has 1 aliphatic carbocycles. The van der Waals surface area contributed by atoms with E-state index in [0.29, 0.717) is 24.3 Å². The van der Waals surface area contributed by atoms with E-state index in [1.165, 1.54) is 6.07 Å². The van der Waals surface area contributed by atoms with Crippen molar-refractivity contribution in [3.63, 3.8) is 0 Å². The van der Waals surface area contributed by atoms with Crippen LogP contribution in [-0.2, 0) is 6.54 Å². The highest BCUT2D eigenvalue weighted by molar-refractivity contribution is 5.24. The Morgan fingerprint density at radius 1 is 1.33 bits per heavy atom. The maximum atomic E-state index is 13.5. The lowest BCUT2D eigenvalue weighted by atomic mass is 9.75. The molecule has 94 valence electrons. The number of aromatic nitrogens is 4. The van der Waals surface area contributed by atoms with Crippen molar-refractivity contribution in [3.05, 3.63) is 41.5 Å². The van der Waals surface area contributed by atoms with E-state index in [2.05, 4.69) is 25.9 Å². The van der Waals surface area contributed by atoms with Crippen molar-refractivity contribution in [1.82, 2.24) is 25.9 Å². The van der Waals surface area contributed by atoms with E-state index < -0.39 is 0 Å². The first-order valence-corrected chi connectivity index (χ1v) is 6.03. The van der Waals surface area contributed by atoms with Gasteiger partial charge in [-0.2, -0.15) is 5.21 Å². The van der Waals surface area contributed by atoms with Gasteiger partial charge in [0.1, 0.15) is 5.82 Å². The third kappa shape index (κ3) is 2.24. The standard InChI is InChI=1S/C12H14FN5/c13-11-4-2-1-3-10(11)8-5-9(6-8)14-7-12-15-17-18-16-12/h1-4,8-9,14H,5-7H2,(H,15,16,17,18). The molecular weight excluding hydrogens is 233 g/mol. The lowest BCUT2D eigenvalue weighted by molar-refractivity contribution is 0.282. The molecule has 0 atom stereocenters. The summed E-state index contributed by atoms with van der Waals surface area (Å²) in [7, 11) is 0. The number of nitrogens with zero attached hydrogens (tertiary/aromatic N) is 3. The van der Waals surface area contributed by atoms with Crippen LogP contribution in [0.15, 0.2) is 24.3 Å². The van der Waals surface area contributed by atoms with Gasteiger partial charge in [-0.15, -0.1) is 10.2 Å². The summed E-state index contributed by atoms with van der Waals surface area (Å²) in [5.41, 5.74) is 0.829. The Kier molecular flexibility index (Phi) is 3.02. The maximum absolute atomic E-state index is 13.5. The van der Waals surface area contributed by atoms with Crippen LogP contribution >= 0.6 is 0 Å². The van der Waals surface area contributed by atoms with Gasteiger partial charge in [-0.3, -0.25) is 0 Å². The summed E-state index contributed by atoms with van der Waals surface area (Å²) in [6.45, 7) is 0.602. The van der Waals surface area contributed by atoms with Crippen molar-refractivity contribution in [2.75, 3.05) is 0 Å². The highest BCUT2D eigenvalue weighted by Gasteiger charge is 2.31. The molecule has 3 rings (SSSR count). The van der Waals surface area contributed by atoms with Crippen molar-refractivity contribution >= 4 is 0 Å². The van der Waals surface area contributed by atoms with Crippen LogP contribution in [-0.4, -0.2) is 26.7 Å². The Bertz CT molecular complexity index is 507. The van der Waals surface area contributed by atoms with Crippen molar-refractivity contribution in [1.29, 1.82) is 0 Å². The summed E-state index contributed by atoms with van der Waals surface area (Å²) in [6, 6.07) is 7.42. The summed E-state index contributed by atoms with van der Waals surface area (Å²) >= 11 is 0. The molecule has 1 heterocycles. The molecule has 1 aromatic carbocycles. The van der Waals surface area contributed by atoms with Crippen molar-refractivity contribution in [2.24, 2.45) is 0 Å². The quantitative estimate of drug-likeness (QED) is 0.856. The van der Waals surface area contributed by atoms with Crippen molar-refractivity contribution < 1.29 is 4.39 Å². The highest BCUT2D eigenvalue weighted by Crippen LogP contribution is 2.37. The Morgan fingerprint density at radius 2 is 2.17 bits per heavy atom. The first-order chi connectivity index (χ1) is 8.83. The Balaban J connectivity index is 1.50. The van der Waals surface area contributed by atoms with E-state index in [9.17, 15) is 4.39 Å². The molecule has 0 aliphatic heterocycles. The number of rotatable bonds is 4. The largest absolute Gasteiger partial charge is 0.307 e. The molecule has 1 fully saturated rings. The molecule has 0 saturated heterocycles. The average Bonchev–Trinajstić information content (AvgIpc) is 2.82. The second kappa shape index (κ2) is 4.81. The minimum absolute atomic E-state index is 0.0980. The molecule has 2 N–H and O–H groups in total. The molecule has 18 heavy (non-hydrogen) atoms. The smallest absolute Gasteiger partial charge is 0.188 e. The summed E-state index contributed by atoms with van der Waals surface area (Å²) in [6.07, 6.45) is 1.91. The van der Waals surface area contributed by atoms with E-state index in [4.69, 9.17) is 0 Å². The minimum Gasteiger partial charge on any atom is -0.307 e. The van der Waals surface area contributed by atoms with Gasteiger partial charge in [-0.25, -0.2) is 4.39 Å². The Labute approximate surface area is 104 Å². The lowest BCUT2D eigenvalue weighted by Gasteiger charge is -2.36. The van der Waals surface area contributed by atoms with Crippen molar-refractivity contribution in [3.8, 4) is 0 Å². The predicted molar refractivity (Wildman–Crippen MR) is 63.2 cm³/mol. The van der Waals surface area contributed by atoms with Crippen LogP contribution in [0.4, 0.5) is 4.39 Å². The van der Waals surface area contributed by atoms with Crippen LogP contribution in [0.25, 0.3) is 0 Å². The molecular formula is C12H14FN5.